The summed E-state index contributed by atoms with van der Waals surface area (Å²) in [6.07, 6.45) is 0. The Morgan fingerprint density at radius 2 is 1.93 bits per heavy atom. The second-order valence-electron chi connectivity index (χ2n) is 2.67. The summed E-state index contributed by atoms with van der Waals surface area (Å²) in [5, 5.41) is 0. The third kappa shape index (κ3) is 2.56. The van der Waals surface area contributed by atoms with E-state index in [1.807, 2.05) is 0 Å². The second-order valence-corrected chi connectivity index (χ2v) is 4.28. The molecule has 0 aliphatic rings. The smallest absolute Gasteiger partial charge is 0.285 e. The van der Waals surface area contributed by atoms with E-state index in [1.54, 1.807) is 0 Å². The van der Waals surface area contributed by atoms with E-state index in [4.69, 9.17) is 17.2 Å². The van der Waals surface area contributed by atoms with Crippen molar-refractivity contribution in [3.05, 3.63) is 24.0 Å². The van der Waals surface area contributed by atoms with E-state index in [-0.39, 0.29) is 10.6 Å². The molecule has 0 aliphatic carbocycles. The normalized spacial score (nSPS) is 11.0. The van der Waals surface area contributed by atoms with Gasteiger partial charge in [-0.25, -0.2) is 4.39 Å². The monoisotopic (exact) mass is 232 g/mol. The van der Waals surface area contributed by atoms with Gasteiger partial charge in [0.2, 0.25) is 5.96 Å². The number of nitrogen functional groups attached to an aromatic ring is 1. The van der Waals surface area contributed by atoms with Crippen LogP contribution < -0.4 is 17.2 Å². The number of sulfonamides is 1. The highest BCUT2D eigenvalue weighted by molar-refractivity contribution is 7.90. The zero-order valence-corrected chi connectivity index (χ0v) is 8.33. The van der Waals surface area contributed by atoms with E-state index >= 15 is 0 Å². The molecule has 82 valence electrons. The van der Waals surface area contributed by atoms with Crippen molar-refractivity contribution in [3.8, 4) is 0 Å². The van der Waals surface area contributed by atoms with Gasteiger partial charge in [0.25, 0.3) is 10.0 Å². The summed E-state index contributed by atoms with van der Waals surface area (Å²) in [6.45, 7) is 0. The number of nitrogens with zero attached hydrogens (tertiary/aromatic N) is 1. The molecule has 0 saturated carbocycles. The molecule has 1 aromatic rings. The van der Waals surface area contributed by atoms with E-state index in [9.17, 15) is 12.8 Å². The summed E-state index contributed by atoms with van der Waals surface area (Å²) in [6, 6.07) is 2.97. The second kappa shape index (κ2) is 3.73. The molecule has 0 amide bonds. The van der Waals surface area contributed by atoms with Crippen LogP contribution in [-0.2, 0) is 10.0 Å². The predicted molar refractivity (Wildman–Crippen MR) is 53.8 cm³/mol. The Kier molecular flexibility index (Phi) is 2.80. The van der Waals surface area contributed by atoms with E-state index in [0.717, 1.165) is 18.2 Å². The molecule has 0 bridgehead atoms. The van der Waals surface area contributed by atoms with Gasteiger partial charge >= 0.3 is 0 Å². The lowest BCUT2D eigenvalue weighted by atomic mass is 10.3. The average Bonchev–Trinajstić information content (AvgIpc) is 2.07. The molecule has 6 N–H and O–H groups in total. The Labute approximate surface area is 85.6 Å². The molecule has 1 aromatic carbocycles. The zero-order chi connectivity index (χ0) is 11.6. The first-order chi connectivity index (χ1) is 6.83. The molecule has 0 radical (unpaired) electrons. The summed E-state index contributed by atoms with van der Waals surface area (Å²) in [4.78, 5) is -0.359. The fourth-order valence-corrected chi connectivity index (χ4v) is 1.74. The van der Waals surface area contributed by atoms with Crippen molar-refractivity contribution in [2.24, 2.45) is 15.9 Å². The molecule has 0 spiro atoms. The molecule has 8 heteroatoms. The van der Waals surface area contributed by atoms with Crippen molar-refractivity contribution >= 4 is 21.7 Å². The fourth-order valence-electron chi connectivity index (χ4n) is 0.860. The first kappa shape index (κ1) is 11.2. The van der Waals surface area contributed by atoms with Crippen LogP contribution in [0.5, 0.6) is 0 Å². The van der Waals surface area contributed by atoms with Crippen LogP contribution in [0, 0.1) is 5.82 Å². The highest BCUT2D eigenvalue weighted by Gasteiger charge is 2.14. The number of nitrogens with two attached hydrogens (primary N) is 3. The molecule has 0 heterocycles. The van der Waals surface area contributed by atoms with Gasteiger partial charge in [-0.1, -0.05) is 0 Å². The molecule has 6 nitrogen and oxygen atoms in total. The Balaban J connectivity index is 3.29. The van der Waals surface area contributed by atoms with Gasteiger partial charge in [-0.05, 0) is 18.2 Å². The predicted octanol–water partition coefficient (Wildman–Crippen LogP) is -0.630. The number of anilines is 1. The topological polar surface area (TPSA) is 125 Å². The maximum Gasteiger partial charge on any atom is 0.285 e. The van der Waals surface area contributed by atoms with Crippen molar-refractivity contribution in [2.45, 2.75) is 4.90 Å². The van der Waals surface area contributed by atoms with E-state index in [1.165, 1.54) is 0 Å². The largest absolute Gasteiger partial charge is 0.396 e. The van der Waals surface area contributed by atoms with Gasteiger partial charge in [0.05, 0.1) is 10.6 Å². The molecule has 1 rings (SSSR count). The number of guanidine groups is 1. The zero-order valence-electron chi connectivity index (χ0n) is 7.51. The summed E-state index contributed by atoms with van der Waals surface area (Å²) in [5.41, 5.74) is 14.9. The lowest BCUT2D eigenvalue weighted by Gasteiger charge is -2.01. The summed E-state index contributed by atoms with van der Waals surface area (Å²) >= 11 is 0. The third-order valence-corrected chi connectivity index (χ3v) is 2.80. The maximum absolute atomic E-state index is 12.9. The van der Waals surface area contributed by atoms with E-state index in [2.05, 4.69) is 4.40 Å². The summed E-state index contributed by atoms with van der Waals surface area (Å²) in [7, 11) is -4.06. The summed E-state index contributed by atoms with van der Waals surface area (Å²) in [5.74, 6) is -1.46. The number of hydrogen-bond donors (Lipinski definition) is 3. The van der Waals surface area contributed by atoms with Crippen LogP contribution in [0.2, 0.25) is 0 Å². The van der Waals surface area contributed by atoms with Crippen molar-refractivity contribution in [3.63, 3.8) is 0 Å². The van der Waals surface area contributed by atoms with Crippen LogP contribution in [0.25, 0.3) is 0 Å². The van der Waals surface area contributed by atoms with Crippen LogP contribution in [-0.4, -0.2) is 14.4 Å². The summed E-state index contributed by atoms with van der Waals surface area (Å²) < 4.78 is 38.6. The number of halogens is 1. The van der Waals surface area contributed by atoms with Crippen molar-refractivity contribution in [1.29, 1.82) is 0 Å². The van der Waals surface area contributed by atoms with E-state index in [0.29, 0.717) is 0 Å². The molecule has 0 fully saturated rings. The van der Waals surface area contributed by atoms with E-state index < -0.39 is 21.8 Å². The third-order valence-electron chi connectivity index (χ3n) is 1.50. The quantitative estimate of drug-likeness (QED) is 0.355. The molecule has 0 saturated heterocycles. The van der Waals surface area contributed by atoms with Crippen molar-refractivity contribution in [1.82, 2.24) is 0 Å². The molecule has 15 heavy (non-hydrogen) atoms. The van der Waals surface area contributed by atoms with Crippen molar-refractivity contribution < 1.29 is 12.8 Å². The minimum Gasteiger partial charge on any atom is -0.396 e. The maximum atomic E-state index is 12.9. The standard InChI is InChI=1S/C7H9FN4O2S/c8-5-3-4(1-2-6(5)9)15(13,14)12-7(10)11/h1-3H,9H2,(H4,10,11,12). The molecule has 0 aromatic heterocycles. The minimum absolute atomic E-state index is 0.154. The number of rotatable bonds is 2. The molecular formula is C7H9FN4O2S. The van der Waals surface area contributed by atoms with Gasteiger partial charge < -0.3 is 17.2 Å². The molecule has 0 atom stereocenters. The van der Waals surface area contributed by atoms with Gasteiger partial charge in [0.1, 0.15) is 5.82 Å². The van der Waals surface area contributed by atoms with Crippen molar-refractivity contribution in [2.75, 3.05) is 5.73 Å². The van der Waals surface area contributed by atoms with Crippen LogP contribution >= 0.6 is 0 Å². The van der Waals surface area contributed by atoms with Crippen LogP contribution in [0.1, 0.15) is 0 Å². The Morgan fingerprint density at radius 1 is 1.33 bits per heavy atom. The first-order valence-electron chi connectivity index (χ1n) is 3.74. The van der Waals surface area contributed by atoms with Gasteiger partial charge in [-0.3, -0.25) is 0 Å². The van der Waals surface area contributed by atoms with Gasteiger partial charge in [0, 0.05) is 0 Å². The van der Waals surface area contributed by atoms with Gasteiger partial charge in [0.15, 0.2) is 0 Å². The molecule has 0 unspecified atom stereocenters. The minimum atomic E-state index is -4.06. The first-order valence-corrected chi connectivity index (χ1v) is 5.18. The van der Waals surface area contributed by atoms with Crippen LogP contribution in [0.3, 0.4) is 0 Å². The Morgan fingerprint density at radius 3 is 2.40 bits per heavy atom. The Bertz CT molecular complexity index is 508. The molecular weight excluding hydrogens is 223 g/mol. The van der Waals surface area contributed by atoms with Gasteiger partial charge in [-0.15, -0.1) is 4.40 Å². The highest BCUT2D eigenvalue weighted by Crippen LogP contribution is 2.17. The fraction of sp³-hybridized carbons (Fsp3) is 0. The SMILES string of the molecule is NC(N)=NS(=O)(=O)c1ccc(N)c(F)c1. The van der Waals surface area contributed by atoms with Crippen LogP contribution in [0.15, 0.2) is 27.5 Å². The number of hydrogen-bond acceptors (Lipinski definition) is 3. The lowest BCUT2D eigenvalue weighted by Crippen LogP contribution is -2.24. The molecule has 0 aliphatic heterocycles. The lowest BCUT2D eigenvalue weighted by molar-refractivity contribution is 0.593. The highest BCUT2D eigenvalue weighted by atomic mass is 32.2. The number of benzene rings is 1. The average molecular weight is 232 g/mol. The van der Waals surface area contributed by atoms with Gasteiger partial charge in [-0.2, -0.15) is 8.42 Å². The van der Waals surface area contributed by atoms with Crippen LogP contribution in [0.4, 0.5) is 10.1 Å². The Hall–Kier alpha value is -1.83.